The molecule has 0 aliphatic rings. The Bertz CT molecular complexity index is 554. The van der Waals surface area contributed by atoms with Crippen LogP contribution in [0.15, 0.2) is 24.3 Å². The van der Waals surface area contributed by atoms with Gasteiger partial charge in [0.25, 0.3) is 5.69 Å². The third-order valence-electron chi connectivity index (χ3n) is 3.08. The Balaban J connectivity index is 2.56. The first-order valence-corrected chi connectivity index (χ1v) is 6.75. The van der Waals surface area contributed by atoms with E-state index >= 15 is 0 Å². The van der Waals surface area contributed by atoms with Crippen molar-refractivity contribution in [3.63, 3.8) is 0 Å². The largest absolute Gasteiger partial charge is 0.481 e. The van der Waals surface area contributed by atoms with Crippen LogP contribution in [0.25, 0.3) is 0 Å². The lowest BCUT2D eigenvalue weighted by molar-refractivity contribution is -0.384. The number of urea groups is 1. The molecule has 22 heavy (non-hydrogen) atoms. The van der Waals surface area contributed by atoms with E-state index in [0.717, 1.165) is 5.56 Å². The fraction of sp³-hybridized carbons (Fsp3) is 0.429. The maximum atomic E-state index is 11.8. The molecule has 0 saturated carbocycles. The van der Waals surface area contributed by atoms with Gasteiger partial charge in [0.2, 0.25) is 0 Å². The molecule has 0 atom stereocenters. The van der Waals surface area contributed by atoms with Crippen LogP contribution >= 0.6 is 0 Å². The van der Waals surface area contributed by atoms with Crippen LogP contribution in [0.5, 0.6) is 0 Å². The van der Waals surface area contributed by atoms with Crippen LogP contribution in [0.1, 0.15) is 32.3 Å². The van der Waals surface area contributed by atoms with E-state index in [2.05, 4.69) is 10.6 Å². The second kappa shape index (κ2) is 7.39. The van der Waals surface area contributed by atoms with Crippen molar-refractivity contribution in [2.45, 2.75) is 32.2 Å². The lowest BCUT2D eigenvalue weighted by Gasteiger charge is -2.27. The number of carbonyl (C=O) groups is 2. The number of hydrogen-bond donors (Lipinski definition) is 3. The van der Waals surface area contributed by atoms with Crippen molar-refractivity contribution in [1.82, 2.24) is 10.6 Å². The molecular weight excluding hydrogens is 290 g/mol. The number of nitrogens with zero attached hydrogens (tertiary/aromatic N) is 1. The van der Waals surface area contributed by atoms with Crippen molar-refractivity contribution in [2.24, 2.45) is 0 Å². The quantitative estimate of drug-likeness (QED) is 0.404. The van der Waals surface area contributed by atoms with E-state index in [1.54, 1.807) is 26.0 Å². The first-order valence-electron chi connectivity index (χ1n) is 6.75. The van der Waals surface area contributed by atoms with Crippen LogP contribution in [0.2, 0.25) is 0 Å². The standard InChI is InChI=1S/C14H19N3O5/c1-14(2,10-5-7-11(8-6-10)17(21)22)16-13(20)15-9-3-4-12(18)19/h5-8H,3-4,9H2,1-2H3,(H,18,19)(H2,15,16,20). The molecule has 0 aromatic heterocycles. The second-order valence-electron chi connectivity index (χ2n) is 5.31. The van der Waals surface area contributed by atoms with Crippen LogP contribution in [0.4, 0.5) is 10.5 Å². The van der Waals surface area contributed by atoms with E-state index in [9.17, 15) is 19.7 Å². The van der Waals surface area contributed by atoms with Crippen molar-refractivity contribution in [1.29, 1.82) is 0 Å². The minimum absolute atomic E-state index is 0.00791. The SMILES string of the molecule is CC(C)(NC(=O)NCCCC(=O)O)c1ccc([N+](=O)[O-])cc1. The molecular formula is C14H19N3O5. The third-order valence-corrected chi connectivity index (χ3v) is 3.08. The van der Waals surface area contributed by atoms with Crippen LogP contribution in [0, 0.1) is 10.1 Å². The summed E-state index contributed by atoms with van der Waals surface area (Å²) in [5.74, 6) is -0.909. The summed E-state index contributed by atoms with van der Waals surface area (Å²) in [6.45, 7) is 3.80. The molecule has 0 fully saturated rings. The third kappa shape index (κ3) is 5.39. The molecule has 0 spiro atoms. The number of carbonyl (C=O) groups excluding carboxylic acids is 1. The Morgan fingerprint density at radius 1 is 1.27 bits per heavy atom. The van der Waals surface area contributed by atoms with E-state index in [0.29, 0.717) is 6.42 Å². The lowest BCUT2D eigenvalue weighted by Crippen LogP contribution is -2.46. The number of nitro groups is 1. The van der Waals surface area contributed by atoms with E-state index in [1.807, 2.05) is 0 Å². The van der Waals surface area contributed by atoms with Gasteiger partial charge >= 0.3 is 12.0 Å². The number of hydrogen-bond acceptors (Lipinski definition) is 4. The van der Waals surface area contributed by atoms with Gasteiger partial charge in [-0.1, -0.05) is 0 Å². The normalized spacial score (nSPS) is 10.8. The minimum Gasteiger partial charge on any atom is -0.481 e. The summed E-state index contributed by atoms with van der Waals surface area (Å²) in [6.07, 6.45) is 0.340. The smallest absolute Gasteiger partial charge is 0.315 e. The van der Waals surface area contributed by atoms with Gasteiger partial charge < -0.3 is 15.7 Å². The summed E-state index contributed by atoms with van der Waals surface area (Å²) in [6, 6.07) is 5.51. The van der Waals surface area contributed by atoms with Gasteiger partial charge in [0.1, 0.15) is 0 Å². The van der Waals surface area contributed by atoms with Crippen LogP contribution in [-0.2, 0) is 10.3 Å². The van der Waals surface area contributed by atoms with E-state index in [-0.39, 0.29) is 18.7 Å². The van der Waals surface area contributed by atoms with Gasteiger partial charge in [-0.15, -0.1) is 0 Å². The molecule has 0 aliphatic heterocycles. The summed E-state index contributed by atoms with van der Waals surface area (Å²) in [5.41, 5.74) is -0.0112. The Morgan fingerprint density at radius 2 is 1.86 bits per heavy atom. The zero-order valence-electron chi connectivity index (χ0n) is 12.5. The molecule has 1 aromatic rings. The maximum Gasteiger partial charge on any atom is 0.315 e. The molecule has 0 aliphatic carbocycles. The zero-order chi connectivity index (χ0) is 16.8. The highest BCUT2D eigenvalue weighted by Gasteiger charge is 2.23. The number of non-ortho nitro benzene ring substituents is 1. The molecule has 0 radical (unpaired) electrons. The van der Waals surface area contributed by atoms with Crippen molar-refractivity contribution in [3.8, 4) is 0 Å². The number of carboxylic acids is 1. The summed E-state index contributed by atoms with van der Waals surface area (Å²) >= 11 is 0. The Hall–Kier alpha value is -2.64. The van der Waals surface area contributed by atoms with Gasteiger partial charge in [-0.3, -0.25) is 14.9 Å². The number of carboxylic acid groups (broad SMARTS) is 1. The van der Waals surface area contributed by atoms with Crippen molar-refractivity contribution in [3.05, 3.63) is 39.9 Å². The predicted octanol–water partition coefficient (Wildman–Crippen LogP) is 1.99. The van der Waals surface area contributed by atoms with Crippen LogP contribution in [0.3, 0.4) is 0 Å². The molecule has 8 heteroatoms. The topological polar surface area (TPSA) is 122 Å². The molecule has 3 N–H and O–H groups in total. The maximum absolute atomic E-state index is 11.8. The first-order chi connectivity index (χ1) is 10.2. The fourth-order valence-electron chi connectivity index (χ4n) is 1.84. The fourth-order valence-corrected chi connectivity index (χ4v) is 1.84. The van der Waals surface area contributed by atoms with E-state index in [1.165, 1.54) is 12.1 Å². The van der Waals surface area contributed by atoms with Crippen molar-refractivity contribution in [2.75, 3.05) is 6.54 Å². The molecule has 0 bridgehead atoms. The predicted molar refractivity (Wildman–Crippen MR) is 79.5 cm³/mol. The number of amides is 2. The monoisotopic (exact) mass is 309 g/mol. The summed E-state index contributed by atoms with van der Waals surface area (Å²) in [5, 5.41) is 24.4. The number of aliphatic carboxylic acids is 1. The Labute approximate surface area is 127 Å². The molecule has 0 heterocycles. The average Bonchev–Trinajstić information content (AvgIpc) is 2.43. The highest BCUT2D eigenvalue weighted by molar-refractivity contribution is 5.75. The number of benzene rings is 1. The average molecular weight is 309 g/mol. The number of nitrogens with one attached hydrogen (secondary N) is 2. The molecule has 1 aromatic carbocycles. The molecule has 0 saturated heterocycles. The van der Waals surface area contributed by atoms with Crippen LogP contribution < -0.4 is 10.6 Å². The van der Waals surface area contributed by atoms with E-state index in [4.69, 9.17) is 5.11 Å². The van der Waals surface area contributed by atoms with Gasteiger partial charge in [0, 0.05) is 25.1 Å². The molecule has 0 unspecified atom stereocenters. The Kier molecular flexibility index (Phi) is 5.85. The Morgan fingerprint density at radius 3 is 2.36 bits per heavy atom. The molecule has 8 nitrogen and oxygen atoms in total. The summed E-state index contributed by atoms with van der Waals surface area (Å²) in [4.78, 5) is 32.3. The number of rotatable bonds is 7. The number of nitro benzene ring substituents is 1. The second-order valence-corrected chi connectivity index (χ2v) is 5.31. The zero-order valence-corrected chi connectivity index (χ0v) is 12.5. The van der Waals surface area contributed by atoms with Gasteiger partial charge in [-0.2, -0.15) is 0 Å². The molecule has 2 amide bonds. The van der Waals surface area contributed by atoms with Gasteiger partial charge in [0.05, 0.1) is 10.5 Å². The van der Waals surface area contributed by atoms with Crippen molar-refractivity contribution >= 4 is 17.7 Å². The molecule has 1 rings (SSSR count). The summed E-state index contributed by atoms with van der Waals surface area (Å²) in [7, 11) is 0. The minimum atomic E-state index is -0.909. The van der Waals surface area contributed by atoms with Gasteiger partial charge in [0.15, 0.2) is 0 Å². The van der Waals surface area contributed by atoms with Gasteiger partial charge in [-0.25, -0.2) is 4.79 Å². The molecule has 120 valence electrons. The lowest BCUT2D eigenvalue weighted by atomic mass is 9.94. The van der Waals surface area contributed by atoms with Crippen molar-refractivity contribution < 1.29 is 19.6 Å². The highest BCUT2D eigenvalue weighted by Crippen LogP contribution is 2.22. The van der Waals surface area contributed by atoms with E-state index < -0.39 is 22.5 Å². The van der Waals surface area contributed by atoms with Gasteiger partial charge in [-0.05, 0) is 38.0 Å². The highest BCUT2D eigenvalue weighted by atomic mass is 16.6. The first kappa shape index (κ1) is 17.4. The summed E-state index contributed by atoms with van der Waals surface area (Å²) < 4.78 is 0. The van der Waals surface area contributed by atoms with Crippen LogP contribution in [-0.4, -0.2) is 28.6 Å².